The Kier molecular flexibility index (Phi) is 3.95. The van der Waals surface area contributed by atoms with Crippen molar-refractivity contribution in [2.75, 3.05) is 7.11 Å². The molecule has 0 saturated heterocycles. The van der Waals surface area contributed by atoms with E-state index < -0.39 is 0 Å². The first kappa shape index (κ1) is 15.4. The molecule has 0 fully saturated rings. The average molecular weight is 325 g/mol. The first-order valence-corrected chi connectivity index (χ1v) is 8.37. The zero-order chi connectivity index (χ0) is 17.2. The van der Waals surface area contributed by atoms with E-state index in [4.69, 9.17) is 9.72 Å². The lowest BCUT2D eigenvalue weighted by molar-refractivity contribution is 0.415. The highest BCUT2D eigenvalue weighted by molar-refractivity contribution is 6.03. The van der Waals surface area contributed by atoms with E-state index in [9.17, 15) is 0 Å². The number of nitrogens with zero attached hydrogens (tertiary/aromatic N) is 1. The van der Waals surface area contributed by atoms with E-state index in [1.54, 1.807) is 7.11 Å². The van der Waals surface area contributed by atoms with Crippen molar-refractivity contribution >= 4 is 10.8 Å². The predicted octanol–water partition coefficient (Wildman–Crippen LogP) is 5.89. The van der Waals surface area contributed by atoms with E-state index in [1.807, 2.05) is 18.2 Å². The van der Waals surface area contributed by atoms with Crippen molar-refractivity contribution in [2.24, 2.45) is 0 Å². The highest BCUT2D eigenvalue weighted by Gasteiger charge is 2.15. The largest absolute Gasteiger partial charge is 0.497 e. The number of fused-ring (bicyclic) bond motifs is 1. The van der Waals surface area contributed by atoms with Gasteiger partial charge in [0, 0.05) is 22.2 Å². The summed E-state index contributed by atoms with van der Waals surface area (Å²) in [6.07, 6.45) is 0. The lowest BCUT2D eigenvalue weighted by Gasteiger charge is -2.15. The molecule has 0 amide bonds. The summed E-state index contributed by atoms with van der Waals surface area (Å²) in [5.41, 5.74) is 5.49. The Hall–Kier alpha value is -3.13. The minimum absolute atomic E-state index is 0.850. The van der Waals surface area contributed by atoms with Gasteiger partial charge in [-0.05, 0) is 42.1 Å². The maximum Gasteiger partial charge on any atom is 0.118 e. The van der Waals surface area contributed by atoms with Crippen molar-refractivity contribution in [2.45, 2.75) is 6.92 Å². The van der Waals surface area contributed by atoms with Gasteiger partial charge in [0.2, 0.25) is 0 Å². The monoisotopic (exact) mass is 325 g/mol. The molecule has 122 valence electrons. The fraction of sp³-hybridized carbons (Fsp3) is 0.0870. The minimum atomic E-state index is 0.850. The standard InChI is InChI=1S/C23H19NO/c1-16-20-10-6-7-11-21(20)22(17-8-4-3-5-9-17)23(24-16)18-12-14-19(25-2)15-13-18/h3-15H,1-2H3. The molecule has 4 aromatic rings. The van der Waals surface area contributed by atoms with Crippen molar-refractivity contribution in [1.29, 1.82) is 0 Å². The van der Waals surface area contributed by atoms with Crippen LogP contribution in [0, 0.1) is 6.92 Å². The Balaban J connectivity index is 2.06. The summed E-state index contributed by atoms with van der Waals surface area (Å²) in [5.74, 6) is 0.850. The third-order valence-corrected chi connectivity index (χ3v) is 4.53. The third kappa shape index (κ3) is 2.76. The Morgan fingerprint density at radius 2 is 1.32 bits per heavy atom. The molecule has 0 unspecified atom stereocenters. The van der Waals surface area contributed by atoms with Crippen LogP contribution in [0.4, 0.5) is 0 Å². The zero-order valence-electron chi connectivity index (χ0n) is 14.4. The normalized spacial score (nSPS) is 10.8. The van der Waals surface area contributed by atoms with Crippen molar-refractivity contribution in [3.63, 3.8) is 0 Å². The fourth-order valence-electron chi connectivity index (χ4n) is 3.28. The molecule has 0 bridgehead atoms. The Labute approximate surface area is 147 Å². The fourth-order valence-corrected chi connectivity index (χ4v) is 3.28. The number of aromatic nitrogens is 1. The van der Waals surface area contributed by atoms with E-state index in [2.05, 4.69) is 67.6 Å². The van der Waals surface area contributed by atoms with Crippen LogP contribution in [0.25, 0.3) is 33.2 Å². The molecule has 2 heteroatoms. The van der Waals surface area contributed by atoms with Gasteiger partial charge in [-0.25, -0.2) is 0 Å². The molecule has 1 aromatic heterocycles. The van der Waals surface area contributed by atoms with Crippen LogP contribution in [0.15, 0.2) is 78.9 Å². The van der Waals surface area contributed by atoms with Crippen LogP contribution >= 0.6 is 0 Å². The molecule has 0 aliphatic heterocycles. The van der Waals surface area contributed by atoms with Gasteiger partial charge in [0.1, 0.15) is 5.75 Å². The average Bonchev–Trinajstić information content (AvgIpc) is 2.69. The molecule has 0 aliphatic rings. The molecule has 1 heterocycles. The number of pyridine rings is 1. The quantitative estimate of drug-likeness (QED) is 0.469. The maximum atomic E-state index is 5.29. The number of benzene rings is 3. The maximum absolute atomic E-state index is 5.29. The van der Waals surface area contributed by atoms with E-state index in [-0.39, 0.29) is 0 Å². The van der Waals surface area contributed by atoms with Gasteiger partial charge in [0.05, 0.1) is 12.8 Å². The minimum Gasteiger partial charge on any atom is -0.497 e. The van der Waals surface area contributed by atoms with E-state index >= 15 is 0 Å². The molecule has 0 aliphatic carbocycles. The molecule has 0 spiro atoms. The van der Waals surface area contributed by atoms with E-state index in [1.165, 1.54) is 21.9 Å². The van der Waals surface area contributed by atoms with Crippen molar-refractivity contribution in [1.82, 2.24) is 4.98 Å². The molecule has 0 atom stereocenters. The van der Waals surface area contributed by atoms with Gasteiger partial charge in [0.15, 0.2) is 0 Å². The lowest BCUT2D eigenvalue weighted by Crippen LogP contribution is -1.95. The highest BCUT2D eigenvalue weighted by atomic mass is 16.5. The van der Waals surface area contributed by atoms with Crippen LogP contribution in [0.1, 0.15) is 5.69 Å². The zero-order valence-corrected chi connectivity index (χ0v) is 14.4. The second kappa shape index (κ2) is 6.40. The summed E-state index contributed by atoms with van der Waals surface area (Å²) in [4.78, 5) is 4.96. The molecule has 0 saturated carbocycles. The smallest absolute Gasteiger partial charge is 0.118 e. The number of hydrogen-bond donors (Lipinski definition) is 0. The van der Waals surface area contributed by atoms with Crippen LogP contribution in [0.2, 0.25) is 0 Å². The predicted molar refractivity (Wildman–Crippen MR) is 104 cm³/mol. The second-order valence-corrected chi connectivity index (χ2v) is 6.06. The highest BCUT2D eigenvalue weighted by Crippen LogP contribution is 2.38. The third-order valence-electron chi connectivity index (χ3n) is 4.53. The van der Waals surface area contributed by atoms with Gasteiger partial charge >= 0.3 is 0 Å². The van der Waals surface area contributed by atoms with E-state index in [0.717, 1.165) is 22.7 Å². The summed E-state index contributed by atoms with van der Waals surface area (Å²) < 4.78 is 5.29. The first-order valence-electron chi connectivity index (χ1n) is 8.37. The van der Waals surface area contributed by atoms with E-state index in [0.29, 0.717) is 0 Å². The Morgan fingerprint density at radius 3 is 2.00 bits per heavy atom. The number of rotatable bonds is 3. The molecule has 0 N–H and O–H groups in total. The summed E-state index contributed by atoms with van der Waals surface area (Å²) in [6.45, 7) is 2.07. The summed E-state index contributed by atoms with van der Waals surface area (Å²) in [5, 5.41) is 2.42. The van der Waals surface area contributed by atoms with Crippen LogP contribution < -0.4 is 4.74 Å². The summed E-state index contributed by atoms with van der Waals surface area (Å²) in [7, 11) is 1.68. The lowest BCUT2D eigenvalue weighted by atomic mass is 9.93. The van der Waals surface area contributed by atoms with Crippen LogP contribution in [0.3, 0.4) is 0 Å². The van der Waals surface area contributed by atoms with Crippen LogP contribution in [-0.2, 0) is 0 Å². The van der Waals surface area contributed by atoms with Crippen LogP contribution in [-0.4, -0.2) is 12.1 Å². The topological polar surface area (TPSA) is 22.1 Å². The number of ether oxygens (including phenoxy) is 1. The Morgan fingerprint density at radius 1 is 0.680 bits per heavy atom. The van der Waals surface area contributed by atoms with Crippen LogP contribution in [0.5, 0.6) is 5.75 Å². The van der Waals surface area contributed by atoms with Gasteiger partial charge in [-0.1, -0.05) is 54.6 Å². The molecule has 3 aromatic carbocycles. The number of aryl methyl sites for hydroxylation is 1. The van der Waals surface area contributed by atoms with Gasteiger partial charge in [-0.2, -0.15) is 0 Å². The molecular weight excluding hydrogens is 306 g/mol. The van der Waals surface area contributed by atoms with Crippen molar-refractivity contribution in [3.8, 4) is 28.1 Å². The number of methoxy groups -OCH3 is 1. The SMILES string of the molecule is COc1ccc(-c2nc(C)c3ccccc3c2-c2ccccc2)cc1. The van der Waals surface area contributed by atoms with Gasteiger partial charge in [-0.15, -0.1) is 0 Å². The molecular formula is C23H19NO. The van der Waals surface area contributed by atoms with Crippen molar-refractivity contribution < 1.29 is 4.74 Å². The van der Waals surface area contributed by atoms with Gasteiger partial charge in [-0.3, -0.25) is 4.98 Å². The summed E-state index contributed by atoms with van der Waals surface area (Å²) in [6, 6.07) is 27.1. The first-order chi connectivity index (χ1) is 12.3. The second-order valence-electron chi connectivity index (χ2n) is 6.06. The molecule has 4 rings (SSSR count). The molecule has 25 heavy (non-hydrogen) atoms. The molecule has 2 nitrogen and oxygen atoms in total. The summed E-state index contributed by atoms with van der Waals surface area (Å²) >= 11 is 0. The Bertz CT molecular complexity index is 1020. The van der Waals surface area contributed by atoms with Gasteiger partial charge in [0.25, 0.3) is 0 Å². The van der Waals surface area contributed by atoms with Crippen molar-refractivity contribution in [3.05, 3.63) is 84.6 Å². The molecule has 0 radical (unpaired) electrons. The number of hydrogen-bond acceptors (Lipinski definition) is 2. The van der Waals surface area contributed by atoms with Gasteiger partial charge < -0.3 is 4.74 Å².